The van der Waals surface area contributed by atoms with Gasteiger partial charge < -0.3 is 34.6 Å². The molecule has 1 aliphatic heterocycles. The topological polar surface area (TPSA) is 94.6 Å². The second-order valence-electron chi connectivity index (χ2n) is 12.2. The van der Waals surface area contributed by atoms with Crippen molar-refractivity contribution in [2.75, 3.05) is 57.7 Å². The van der Waals surface area contributed by atoms with Crippen LogP contribution in [0.15, 0.2) is 60.7 Å². The molecule has 0 radical (unpaired) electrons. The number of fused-ring (bicyclic) bond motifs is 2. The number of benzene rings is 3. The number of likely N-dealkylation sites (N-methyl/N-ethyl adjacent to an activating group) is 1. The lowest BCUT2D eigenvalue weighted by atomic mass is 10.0. The van der Waals surface area contributed by atoms with Crippen LogP contribution in [0.3, 0.4) is 0 Å². The fraction of sp³-hybridized carbons (Fsp3) is 0.486. The predicted molar refractivity (Wildman–Crippen MR) is 177 cm³/mol. The third kappa shape index (κ3) is 8.21. The van der Waals surface area contributed by atoms with Crippen LogP contribution in [0.1, 0.15) is 50.4 Å². The number of anilines is 2. The summed E-state index contributed by atoms with van der Waals surface area (Å²) in [5.74, 6) is 0.205. The smallest absolute Gasteiger partial charge is 0.321 e. The number of hydrogen-bond acceptors (Lipinski definition) is 6. The van der Waals surface area contributed by atoms with Gasteiger partial charge in [-0.1, -0.05) is 43.3 Å². The molecule has 0 aliphatic carbocycles. The third-order valence-electron chi connectivity index (χ3n) is 8.38. The molecule has 3 aromatic rings. The van der Waals surface area contributed by atoms with Crippen LogP contribution in [0.2, 0.25) is 0 Å². The molecule has 0 fully saturated rings. The lowest BCUT2D eigenvalue weighted by Gasteiger charge is -2.36. The first-order valence-corrected chi connectivity index (χ1v) is 15.6. The molecule has 9 heteroatoms. The van der Waals surface area contributed by atoms with E-state index >= 15 is 0 Å². The Labute approximate surface area is 261 Å². The van der Waals surface area contributed by atoms with Gasteiger partial charge in [0.15, 0.2) is 0 Å². The summed E-state index contributed by atoms with van der Waals surface area (Å²) in [6.07, 6.45) is 2.16. The highest BCUT2D eigenvalue weighted by molar-refractivity contribution is 6.01. The van der Waals surface area contributed by atoms with Crippen LogP contribution in [-0.4, -0.2) is 92.5 Å². The summed E-state index contributed by atoms with van der Waals surface area (Å²) < 4.78 is 12.7. The van der Waals surface area contributed by atoms with Gasteiger partial charge in [0.25, 0.3) is 5.91 Å². The van der Waals surface area contributed by atoms with E-state index in [-0.39, 0.29) is 36.7 Å². The van der Waals surface area contributed by atoms with Gasteiger partial charge in [-0.05, 0) is 62.8 Å². The average Bonchev–Trinajstić information content (AvgIpc) is 3.01. The molecule has 3 aromatic carbocycles. The number of aliphatic hydroxyl groups is 1. The summed E-state index contributed by atoms with van der Waals surface area (Å²) >= 11 is 0. The molecule has 3 amide bonds. The summed E-state index contributed by atoms with van der Waals surface area (Å²) in [6, 6.07) is 18.8. The molecule has 0 saturated carbocycles. The van der Waals surface area contributed by atoms with Crippen molar-refractivity contribution in [2.45, 2.75) is 58.3 Å². The van der Waals surface area contributed by atoms with E-state index in [1.165, 1.54) is 0 Å². The van der Waals surface area contributed by atoms with Gasteiger partial charge >= 0.3 is 6.03 Å². The highest BCUT2D eigenvalue weighted by Crippen LogP contribution is 2.29. The van der Waals surface area contributed by atoms with Crippen molar-refractivity contribution in [3.63, 3.8) is 0 Å². The van der Waals surface area contributed by atoms with E-state index in [0.29, 0.717) is 31.0 Å². The Morgan fingerprint density at radius 1 is 1.07 bits per heavy atom. The van der Waals surface area contributed by atoms with Crippen LogP contribution >= 0.6 is 0 Å². The summed E-state index contributed by atoms with van der Waals surface area (Å²) in [4.78, 5) is 32.9. The van der Waals surface area contributed by atoms with Gasteiger partial charge in [0, 0.05) is 57.8 Å². The molecule has 4 rings (SSSR count). The molecule has 0 spiro atoms. The molecule has 4 atom stereocenters. The summed E-state index contributed by atoms with van der Waals surface area (Å²) in [6.45, 7) is 6.92. The number of aliphatic hydroxyl groups excluding tert-OH is 1. The maximum absolute atomic E-state index is 14.2. The first kappa shape index (κ1) is 33.1. The average molecular weight is 605 g/mol. The fourth-order valence-electron chi connectivity index (χ4n) is 5.55. The van der Waals surface area contributed by atoms with E-state index in [4.69, 9.17) is 9.47 Å². The Morgan fingerprint density at radius 3 is 2.57 bits per heavy atom. The zero-order valence-electron chi connectivity index (χ0n) is 27.0. The fourth-order valence-corrected chi connectivity index (χ4v) is 5.55. The van der Waals surface area contributed by atoms with Crippen molar-refractivity contribution >= 4 is 34.1 Å². The minimum Gasteiger partial charge on any atom is -0.490 e. The van der Waals surface area contributed by atoms with E-state index in [0.717, 1.165) is 41.4 Å². The molecule has 238 valence electrons. The third-order valence-corrected chi connectivity index (χ3v) is 8.38. The Morgan fingerprint density at radius 2 is 1.82 bits per heavy atom. The molecule has 0 unspecified atom stereocenters. The number of ether oxygens (including phenoxy) is 2. The molecule has 0 bridgehead atoms. The standard InChI is InChI=1S/C35H48N4O5/c1-24-21-39(25(2)23-40)34(41)30-20-28(37(4)5)17-18-32(30)44-26(3)12-9-10-19-43-33(24)22-38(6)35(42)36-31-16-11-14-27-13-7-8-15-29(27)31/h7-8,11,13-18,20,24-26,33,40H,9-10,12,19,21-23H2,1-6H3,(H,36,42)/t24-,25-,26+,33-/m1/s1. The highest BCUT2D eigenvalue weighted by Gasteiger charge is 2.31. The van der Waals surface area contributed by atoms with Crippen LogP contribution in [-0.2, 0) is 4.74 Å². The van der Waals surface area contributed by atoms with Gasteiger partial charge in [-0.3, -0.25) is 4.79 Å². The zero-order valence-corrected chi connectivity index (χ0v) is 27.0. The number of carbonyl (C=O) groups is 2. The number of amides is 3. The van der Waals surface area contributed by atoms with Gasteiger partial charge in [0.2, 0.25) is 0 Å². The number of hydrogen-bond donors (Lipinski definition) is 2. The number of urea groups is 1. The Hall–Kier alpha value is -3.82. The largest absolute Gasteiger partial charge is 0.490 e. The second kappa shape index (κ2) is 15.3. The zero-order chi connectivity index (χ0) is 31.8. The lowest BCUT2D eigenvalue weighted by Crippen LogP contribution is -2.48. The van der Waals surface area contributed by atoms with Crippen LogP contribution in [0.5, 0.6) is 5.75 Å². The Kier molecular flexibility index (Phi) is 11.5. The molecule has 1 aliphatic rings. The molecule has 9 nitrogen and oxygen atoms in total. The maximum atomic E-state index is 14.2. The van der Waals surface area contributed by atoms with Gasteiger partial charge in [-0.25, -0.2) is 4.79 Å². The van der Waals surface area contributed by atoms with E-state index < -0.39 is 6.04 Å². The summed E-state index contributed by atoms with van der Waals surface area (Å²) in [5.41, 5.74) is 2.11. The molecule has 44 heavy (non-hydrogen) atoms. The number of nitrogens with one attached hydrogen (secondary N) is 1. The maximum Gasteiger partial charge on any atom is 0.321 e. The van der Waals surface area contributed by atoms with E-state index in [1.807, 2.05) is 100 Å². The van der Waals surface area contributed by atoms with Crippen molar-refractivity contribution in [1.82, 2.24) is 9.80 Å². The van der Waals surface area contributed by atoms with Crippen molar-refractivity contribution in [1.29, 1.82) is 0 Å². The van der Waals surface area contributed by atoms with Crippen molar-refractivity contribution < 1.29 is 24.2 Å². The Balaban J connectivity index is 1.58. The quantitative estimate of drug-likeness (QED) is 0.366. The monoisotopic (exact) mass is 604 g/mol. The van der Waals surface area contributed by atoms with Crippen molar-refractivity contribution in [3.05, 3.63) is 66.2 Å². The normalized spacial score (nSPS) is 20.7. The minimum absolute atomic E-state index is 0.0861. The number of rotatable bonds is 6. The highest BCUT2D eigenvalue weighted by atomic mass is 16.5. The first-order valence-electron chi connectivity index (χ1n) is 15.6. The van der Waals surface area contributed by atoms with E-state index in [1.54, 1.807) is 16.8 Å². The molecule has 2 N–H and O–H groups in total. The van der Waals surface area contributed by atoms with Crippen LogP contribution in [0.25, 0.3) is 10.8 Å². The van der Waals surface area contributed by atoms with Crippen LogP contribution < -0.4 is 15.0 Å². The van der Waals surface area contributed by atoms with Crippen molar-refractivity contribution in [2.24, 2.45) is 5.92 Å². The van der Waals surface area contributed by atoms with Gasteiger partial charge in [0.1, 0.15) is 5.75 Å². The predicted octanol–water partition coefficient (Wildman–Crippen LogP) is 5.87. The lowest BCUT2D eigenvalue weighted by molar-refractivity contribution is -0.0115. The first-order chi connectivity index (χ1) is 21.1. The summed E-state index contributed by atoms with van der Waals surface area (Å²) in [7, 11) is 5.63. The van der Waals surface area contributed by atoms with Crippen LogP contribution in [0, 0.1) is 5.92 Å². The minimum atomic E-state index is -0.431. The molecular weight excluding hydrogens is 556 g/mol. The van der Waals surface area contributed by atoms with E-state index in [9.17, 15) is 14.7 Å². The van der Waals surface area contributed by atoms with Gasteiger partial charge in [-0.2, -0.15) is 0 Å². The number of nitrogens with zero attached hydrogens (tertiary/aromatic N) is 3. The molecule has 0 saturated heterocycles. The second-order valence-corrected chi connectivity index (χ2v) is 12.2. The molecule has 0 aromatic heterocycles. The van der Waals surface area contributed by atoms with Gasteiger partial charge in [-0.15, -0.1) is 0 Å². The van der Waals surface area contributed by atoms with Crippen LogP contribution in [0.4, 0.5) is 16.2 Å². The van der Waals surface area contributed by atoms with E-state index in [2.05, 4.69) is 5.32 Å². The van der Waals surface area contributed by atoms with Crippen molar-refractivity contribution in [3.8, 4) is 5.75 Å². The molecular formula is C35H48N4O5. The SMILES string of the molecule is C[C@@H]1CN([C@H](C)CO)C(=O)c2cc(N(C)C)ccc2O[C@@H](C)CCCCO[C@@H]1CN(C)C(=O)Nc1cccc2ccccc12. The molecule has 1 heterocycles. The summed E-state index contributed by atoms with van der Waals surface area (Å²) in [5, 5.41) is 15.3. The Bertz CT molecular complexity index is 1410. The number of carbonyl (C=O) groups excluding carboxylic acids is 2. The van der Waals surface area contributed by atoms with Gasteiger partial charge in [0.05, 0.1) is 36.1 Å².